The van der Waals surface area contributed by atoms with Crippen molar-refractivity contribution in [1.29, 1.82) is 0 Å². The van der Waals surface area contributed by atoms with Gasteiger partial charge in [0.2, 0.25) is 5.88 Å². The molecule has 0 saturated heterocycles. The van der Waals surface area contributed by atoms with E-state index in [2.05, 4.69) is 20.4 Å². The molecule has 0 N–H and O–H groups in total. The third kappa shape index (κ3) is 3.71. The van der Waals surface area contributed by atoms with E-state index < -0.39 is 0 Å². The second kappa shape index (κ2) is 7.90. The number of ether oxygens (including phenoxy) is 1. The highest BCUT2D eigenvalue weighted by Crippen LogP contribution is 2.25. The summed E-state index contributed by atoms with van der Waals surface area (Å²) in [5, 5.41) is 7.75. The molecule has 0 atom stereocenters. The van der Waals surface area contributed by atoms with E-state index in [1.807, 2.05) is 63.2 Å². The van der Waals surface area contributed by atoms with Crippen LogP contribution in [-0.4, -0.2) is 29.8 Å². The molecule has 0 amide bonds. The molecule has 0 spiro atoms. The molecule has 0 fully saturated rings. The van der Waals surface area contributed by atoms with Crippen molar-refractivity contribution in [3.05, 3.63) is 81.5 Å². The van der Waals surface area contributed by atoms with Crippen molar-refractivity contribution >= 4 is 0 Å². The van der Waals surface area contributed by atoms with Crippen molar-refractivity contribution in [2.75, 3.05) is 0 Å². The van der Waals surface area contributed by atoms with E-state index in [0.717, 1.165) is 33.6 Å². The second-order valence-electron chi connectivity index (χ2n) is 7.17. The van der Waals surface area contributed by atoms with Gasteiger partial charge in [-0.25, -0.2) is 9.78 Å². The molecule has 0 aliphatic carbocycles. The van der Waals surface area contributed by atoms with Gasteiger partial charge in [-0.3, -0.25) is 4.98 Å². The normalized spacial score (nSPS) is 10.9. The Morgan fingerprint density at radius 2 is 1.80 bits per heavy atom. The van der Waals surface area contributed by atoms with Crippen LogP contribution in [0, 0.1) is 20.8 Å². The first-order valence-electron chi connectivity index (χ1n) is 9.55. The molecule has 3 aromatic heterocycles. The lowest BCUT2D eigenvalue weighted by molar-refractivity contribution is 0.290. The van der Waals surface area contributed by atoms with E-state index in [4.69, 9.17) is 4.74 Å². The molecule has 1 aromatic carbocycles. The van der Waals surface area contributed by atoms with E-state index in [1.54, 1.807) is 13.2 Å². The second-order valence-corrected chi connectivity index (χ2v) is 7.17. The Morgan fingerprint density at radius 1 is 1.00 bits per heavy atom. The molecule has 4 rings (SSSR count). The highest BCUT2D eigenvalue weighted by Gasteiger charge is 2.14. The fourth-order valence-electron chi connectivity index (χ4n) is 3.24. The van der Waals surface area contributed by atoms with Gasteiger partial charge < -0.3 is 4.74 Å². The van der Waals surface area contributed by atoms with Crippen molar-refractivity contribution in [1.82, 2.24) is 29.8 Å². The summed E-state index contributed by atoms with van der Waals surface area (Å²) in [6.45, 7) is 6.13. The zero-order valence-electron chi connectivity index (χ0n) is 17.3. The van der Waals surface area contributed by atoms with Crippen molar-refractivity contribution < 1.29 is 4.74 Å². The van der Waals surface area contributed by atoms with E-state index in [1.165, 1.54) is 9.36 Å². The molecule has 0 aliphatic rings. The molecule has 3 heterocycles. The molecule has 0 saturated carbocycles. The Hall–Kier alpha value is -3.81. The first-order chi connectivity index (χ1) is 14.4. The van der Waals surface area contributed by atoms with Gasteiger partial charge >= 0.3 is 5.69 Å². The number of tetrazole rings is 1. The molecular formula is C22H22N6O2. The van der Waals surface area contributed by atoms with Crippen LogP contribution in [0.5, 0.6) is 5.88 Å². The predicted molar refractivity (Wildman–Crippen MR) is 113 cm³/mol. The minimum atomic E-state index is -0.314. The lowest BCUT2D eigenvalue weighted by Crippen LogP contribution is -2.23. The van der Waals surface area contributed by atoms with Crippen LogP contribution in [0.1, 0.15) is 22.4 Å². The molecule has 0 aliphatic heterocycles. The highest BCUT2D eigenvalue weighted by atomic mass is 16.5. The summed E-state index contributed by atoms with van der Waals surface area (Å²) in [7, 11) is 1.57. The maximum absolute atomic E-state index is 12.3. The molecule has 0 radical (unpaired) electrons. The number of hydrogen-bond donors (Lipinski definition) is 0. The van der Waals surface area contributed by atoms with Gasteiger partial charge in [-0.05, 0) is 61.0 Å². The zero-order chi connectivity index (χ0) is 21.3. The van der Waals surface area contributed by atoms with Gasteiger partial charge in [-0.15, -0.1) is 0 Å². The molecular weight excluding hydrogens is 380 g/mol. The number of aryl methyl sites for hydroxylation is 4. The Kier molecular flexibility index (Phi) is 5.14. The summed E-state index contributed by atoms with van der Waals surface area (Å²) in [4.78, 5) is 21.3. The number of benzene rings is 1. The summed E-state index contributed by atoms with van der Waals surface area (Å²) >= 11 is 0. The maximum atomic E-state index is 12.3. The van der Waals surface area contributed by atoms with Crippen LogP contribution in [0.4, 0.5) is 0 Å². The molecule has 152 valence electrons. The van der Waals surface area contributed by atoms with Crippen LogP contribution in [0.25, 0.3) is 16.9 Å². The smallest absolute Gasteiger partial charge is 0.368 e. The molecule has 4 aromatic rings. The van der Waals surface area contributed by atoms with E-state index in [0.29, 0.717) is 11.6 Å². The molecule has 8 heteroatoms. The van der Waals surface area contributed by atoms with Gasteiger partial charge in [-0.2, -0.15) is 9.36 Å². The largest absolute Gasteiger partial charge is 0.473 e. The Labute approximate surface area is 173 Å². The third-order valence-corrected chi connectivity index (χ3v) is 4.90. The molecule has 30 heavy (non-hydrogen) atoms. The first kappa shape index (κ1) is 19.5. The quantitative estimate of drug-likeness (QED) is 0.510. The summed E-state index contributed by atoms with van der Waals surface area (Å²) < 4.78 is 8.49. The number of aromatic nitrogens is 6. The third-order valence-electron chi connectivity index (χ3n) is 4.90. The zero-order valence-corrected chi connectivity index (χ0v) is 17.3. The van der Waals surface area contributed by atoms with Crippen molar-refractivity contribution in [3.8, 4) is 22.8 Å². The Balaban J connectivity index is 1.61. The number of rotatable bonds is 5. The fraction of sp³-hybridized carbons (Fsp3) is 0.227. The fourth-order valence-corrected chi connectivity index (χ4v) is 3.24. The van der Waals surface area contributed by atoms with Crippen LogP contribution < -0.4 is 10.4 Å². The number of hydrogen-bond acceptors (Lipinski definition) is 6. The van der Waals surface area contributed by atoms with Gasteiger partial charge in [-0.1, -0.05) is 18.2 Å². The van der Waals surface area contributed by atoms with E-state index in [9.17, 15) is 4.79 Å². The molecule has 8 nitrogen and oxygen atoms in total. The predicted octanol–water partition coefficient (Wildman–Crippen LogP) is 2.93. The molecule has 0 bridgehead atoms. The Morgan fingerprint density at radius 3 is 2.50 bits per heavy atom. The van der Waals surface area contributed by atoms with E-state index >= 15 is 0 Å². The van der Waals surface area contributed by atoms with Crippen LogP contribution >= 0.6 is 0 Å². The van der Waals surface area contributed by atoms with E-state index in [-0.39, 0.29) is 12.3 Å². The maximum Gasteiger partial charge on any atom is 0.368 e. The van der Waals surface area contributed by atoms with Crippen molar-refractivity contribution in [2.45, 2.75) is 27.4 Å². The van der Waals surface area contributed by atoms with Gasteiger partial charge in [0.1, 0.15) is 6.61 Å². The summed E-state index contributed by atoms with van der Waals surface area (Å²) in [5.74, 6) is 0.534. The summed E-state index contributed by atoms with van der Waals surface area (Å²) in [6, 6.07) is 13.6. The van der Waals surface area contributed by atoms with Gasteiger partial charge in [0, 0.05) is 35.6 Å². The summed E-state index contributed by atoms with van der Waals surface area (Å²) in [6.07, 6.45) is 1.76. The minimum Gasteiger partial charge on any atom is -0.473 e. The van der Waals surface area contributed by atoms with Crippen LogP contribution in [0.3, 0.4) is 0 Å². The summed E-state index contributed by atoms with van der Waals surface area (Å²) in [5.41, 5.74) is 5.84. The average molecular weight is 402 g/mol. The average Bonchev–Trinajstić information content (AvgIpc) is 3.06. The molecule has 0 unspecified atom stereocenters. The first-order valence-corrected chi connectivity index (χ1v) is 9.55. The van der Waals surface area contributed by atoms with Crippen LogP contribution in [0.2, 0.25) is 0 Å². The lowest BCUT2D eigenvalue weighted by atomic mass is 10.1. The van der Waals surface area contributed by atoms with Gasteiger partial charge in [0.15, 0.2) is 0 Å². The van der Waals surface area contributed by atoms with Gasteiger partial charge in [0.05, 0.1) is 11.4 Å². The van der Waals surface area contributed by atoms with Crippen LogP contribution in [0.15, 0.2) is 53.5 Å². The topological polar surface area (TPSA) is 87.7 Å². The number of nitrogens with zero attached hydrogens (tertiary/aromatic N) is 6. The van der Waals surface area contributed by atoms with Crippen molar-refractivity contribution in [2.24, 2.45) is 7.05 Å². The standard InChI is InChI=1S/C22H22N6O2/c1-14-7-5-10-20(28-22(29)27(4)25-26-28)18(14)13-30-21-15(2)11-17(12-23-21)19-9-6-8-16(3)24-19/h5-12H,13H2,1-4H3. The van der Waals surface area contributed by atoms with Crippen LogP contribution in [-0.2, 0) is 13.7 Å². The lowest BCUT2D eigenvalue weighted by Gasteiger charge is -2.14. The Bertz CT molecular complexity index is 1270. The highest BCUT2D eigenvalue weighted by molar-refractivity contribution is 5.60. The van der Waals surface area contributed by atoms with Gasteiger partial charge in [0.25, 0.3) is 0 Å². The SMILES string of the molecule is Cc1cccc(-c2cnc(OCc3c(C)cccc3-n3nnn(C)c3=O)c(C)c2)n1. The number of pyridine rings is 2. The minimum absolute atomic E-state index is 0.251. The van der Waals surface area contributed by atoms with Crippen molar-refractivity contribution in [3.63, 3.8) is 0 Å². The monoisotopic (exact) mass is 402 g/mol.